The molecule has 0 aliphatic carbocycles. The van der Waals surface area contributed by atoms with Crippen molar-refractivity contribution in [2.24, 2.45) is 0 Å². The molecule has 0 unspecified atom stereocenters. The Morgan fingerprint density at radius 3 is 2.77 bits per heavy atom. The molecule has 1 atom stereocenters. The van der Waals surface area contributed by atoms with Crippen LogP contribution in [0.5, 0.6) is 5.75 Å². The molecule has 1 saturated heterocycles. The SMILES string of the molecule is O=C1NCCCC[C@H]1NCc1ccc(OCc2c(F)cccc2Cl)cc1. The first-order valence-corrected chi connectivity index (χ1v) is 9.17. The van der Waals surface area contributed by atoms with Crippen LogP contribution in [-0.4, -0.2) is 18.5 Å². The average Bonchev–Trinajstić information content (AvgIpc) is 2.85. The maximum Gasteiger partial charge on any atom is 0.237 e. The lowest BCUT2D eigenvalue weighted by atomic mass is 10.1. The smallest absolute Gasteiger partial charge is 0.237 e. The van der Waals surface area contributed by atoms with Crippen molar-refractivity contribution in [3.8, 4) is 5.75 Å². The molecule has 1 aliphatic rings. The first-order chi connectivity index (χ1) is 12.6. The number of carbonyl (C=O) groups is 1. The van der Waals surface area contributed by atoms with Crippen LogP contribution in [0.25, 0.3) is 0 Å². The van der Waals surface area contributed by atoms with Crippen molar-refractivity contribution in [3.63, 3.8) is 0 Å². The Labute approximate surface area is 157 Å². The Morgan fingerprint density at radius 1 is 1.19 bits per heavy atom. The highest BCUT2D eigenvalue weighted by atomic mass is 35.5. The van der Waals surface area contributed by atoms with E-state index >= 15 is 0 Å². The molecule has 3 rings (SSSR count). The van der Waals surface area contributed by atoms with E-state index in [9.17, 15) is 9.18 Å². The van der Waals surface area contributed by atoms with Gasteiger partial charge in [-0.15, -0.1) is 0 Å². The Morgan fingerprint density at radius 2 is 2.00 bits per heavy atom. The number of hydrogen-bond donors (Lipinski definition) is 2. The summed E-state index contributed by atoms with van der Waals surface area (Å²) in [5, 5.41) is 6.57. The molecule has 26 heavy (non-hydrogen) atoms. The highest BCUT2D eigenvalue weighted by Gasteiger charge is 2.19. The van der Waals surface area contributed by atoms with E-state index in [4.69, 9.17) is 16.3 Å². The van der Waals surface area contributed by atoms with Crippen LogP contribution in [0, 0.1) is 5.82 Å². The predicted molar refractivity (Wildman–Crippen MR) is 99.7 cm³/mol. The van der Waals surface area contributed by atoms with Gasteiger partial charge in [-0.2, -0.15) is 0 Å². The lowest BCUT2D eigenvalue weighted by Crippen LogP contribution is -2.42. The summed E-state index contributed by atoms with van der Waals surface area (Å²) in [5.74, 6) is 0.337. The van der Waals surface area contributed by atoms with Crippen LogP contribution in [0.3, 0.4) is 0 Å². The van der Waals surface area contributed by atoms with Crippen LogP contribution >= 0.6 is 11.6 Å². The summed E-state index contributed by atoms with van der Waals surface area (Å²) in [5.41, 5.74) is 1.40. The minimum atomic E-state index is -0.375. The summed E-state index contributed by atoms with van der Waals surface area (Å²) in [4.78, 5) is 11.9. The maximum absolute atomic E-state index is 13.7. The fourth-order valence-electron chi connectivity index (χ4n) is 2.90. The van der Waals surface area contributed by atoms with Crippen molar-refractivity contribution < 1.29 is 13.9 Å². The van der Waals surface area contributed by atoms with Gasteiger partial charge in [-0.1, -0.05) is 29.8 Å². The van der Waals surface area contributed by atoms with Gasteiger partial charge in [-0.05, 0) is 49.1 Å². The second-order valence-corrected chi connectivity index (χ2v) is 6.76. The number of rotatable bonds is 6. The van der Waals surface area contributed by atoms with Gasteiger partial charge in [0.15, 0.2) is 0 Å². The average molecular weight is 377 g/mol. The fraction of sp³-hybridized carbons (Fsp3) is 0.350. The van der Waals surface area contributed by atoms with Crippen LogP contribution in [-0.2, 0) is 17.9 Å². The molecule has 0 spiro atoms. The summed E-state index contributed by atoms with van der Waals surface area (Å²) in [6, 6.07) is 12.0. The third kappa shape index (κ3) is 4.96. The van der Waals surface area contributed by atoms with Gasteiger partial charge in [-0.25, -0.2) is 4.39 Å². The molecule has 1 aliphatic heterocycles. The van der Waals surface area contributed by atoms with E-state index in [2.05, 4.69) is 10.6 Å². The number of nitrogens with one attached hydrogen (secondary N) is 2. The number of carbonyl (C=O) groups excluding carboxylic acids is 1. The quantitative estimate of drug-likeness (QED) is 0.805. The highest BCUT2D eigenvalue weighted by Crippen LogP contribution is 2.21. The Kier molecular flexibility index (Phi) is 6.47. The van der Waals surface area contributed by atoms with Crippen molar-refractivity contribution in [1.29, 1.82) is 0 Å². The van der Waals surface area contributed by atoms with Gasteiger partial charge in [0.25, 0.3) is 0 Å². The minimum absolute atomic E-state index is 0.0734. The normalized spacial score (nSPS) is 17.5. The van der Waals surface area contributed by atoms with Crippen molar-refractivity contribution in [2.75, 3.05) is 6.54 Å². The molecule has 0 aromatic heterocycles. The third-order valence-corrected chi connectivity index (χ3v) is 4.81. The van der Waals surface area contributed by atoms with Gasteiger partial charge in [0, 0.05) is 18.7 Å². The summed E-state index contributed by atoms with van der Waals surface area (Å²) in [6.45, 7) is 1.44. The molecule has 1 amide bonds. The standard InChI is InChI=1S/C20H22ClFN2O2/c21-17-4-3-5-18(22)16(17)13-26-15-9-7-14(8-10-15)12-24-19-6-1-2-11-23-20(19)25/h3-5,7-10,19,24H,1-2,6,11-13H2,(H,23,25)/t19-/m1/s1. The first-order valence-electron chi connectivity index (χ1n) is 8.79. The van der Waals surface area contributed by atoms with Gasteiger partial charge in [-0.3, -0.25) is 4.79 Å². The van der Waals surface area contributed by atoms with E-state index in [1.165, 1.54) is 6.07 Å². The number of benzene rings is 2. The highest BCUT2D eigenvalue weighted by molar-refractivity contribution is 6.31. The van der Waals surface area contributed by atoms with Gasteiger partial charge >= 0.3 is 0 Å². The zero-order chi connectivity index (χ0) is 18.4. The summed E-state index contributed by atoms with van der Waals surface area (Å²) in [7, 11) is 0. The Bertz CT molecular complexity index is 732. The molecule has 138 valence electrons. The Balaban J connectivity index is 1.52. The van der Waals surface area contributed by atoms with Gasteiger partial charge in [0.1, 0.15) is 18.2 Å². The van der Waals surface area contributed by atoms with Crippen molar-refractivity contribution in [1.82, 2.24) is 10.6 Å². The zero-order valence-corrected chi connectivity index (χ0v) is 15.2. The molecule has 1 fully saturated rings. The van der Waals surface area contributed by atoms with E-state index in [1.54, 1.807) is 12.1 Å². The molecule has 0 saturated carbocycles. The number of halogens is 2. The molecule has 0 radical (unpaired) electrons. The van der Waals surface area contributed by atoms with E-state index in [-0.39, 0.29) is 24.4 Å². The number of ether oxygens (including phenoxy) is 1. The zero-order valence-electron chi connectivity index (χ0n) is 14.4. The van der Waals surface area contributed by atoms with Gasteiger partial charge < -0.3 is 15.4 Å². The van der Waals surface area contributed by atoms with Crippen LogP contribution in [0.2, 0.25) is 5.02 Å². The second kappa shape index (κ2) is 9.01. The molecule has 1 heterocycles. The van der Waals surface area contributed by atoms with Crippen molar-refractivity contribution in [2.45, 2.75) is 38.5 Å². The maximum atomic E-state index is 13.7. The summed E-state index contributed by atoms with van der Waals surface area (Å²) >= 11 is 6.00. The first kappa shape index (κ1) is 18.7. The largest absolute Gasteiger partial charge is 0.489 e. The minimum Gasteiger partial charge on any atom is -0.489 e. The molecule has 2 N–H and O–H groups in total. The molecule has 6 heteroatoms. The van der Waals surface area contributed by atoms with Gasteiger partial charge in [0.05, 0.1) is 11.1 Å². The van der Waals surface area contributed by atoms with Gasteiger partial charge in [0.2, 0.25) is 5.91 Å². The summed E-state index contributed by atoms with van der Waals surface area (Å²) < 4.78 is 19.4. The van der Waals surface area contributed by atoms with E-state index in [1.807, 2.05) is 24.3 Å². The van der Waals surface area contributed by atoms with E-state index in [0.717, 1.165) is 31.4 Å². The molecule has 2 aromatic carbocycles. The molecular weight excluding hydrogens is 355 g/mol. The molecular formula is C20H22ClFN2O2. The number of hydrogen-bond acceptors (Lipinski definition) is 3. The molecule has 2 aromatic rings. The second-order valence-electron chi connectivity index (χ2n) is 6.35. The molecule has 4 nitrogen and oxygen atoms in total. The lowest BCUT2D eigenvalue weighted by Gasteiger charge is -2.15. The predicted octanol–water partition coefficient (Wildman–Crippen LogP) is 3.82. The van der Waals surface area contributed by atoms with E-state index in [0.29, 0.717) is 22.9 Å². The van der Waals surface area contributed by atoms with Crippen LogP contribution in [0.4, 0.5) is 4.39 Å². The van der Waals surface area contributed by atoms with Crippen LogP contribution in [0.1, 0.15) is 30.4 Å². The van der Waals surface area contributed by atoms with Crippen LogP contribution < -0.4 is 15.4 Å². The monoisotopic (exact) mass is 376 g/mol. The van der Waals surface area contributed by atoms with Crippen molar-refractivity contribution >= 4 is 17.5 Å². The fourth-order valence-corrected chi connectivity index (χ4v) is 3.12. The van der Waals surface area contributed by atoms with Crippen molar-refractivity contribution in [3.05, 3.63) is 64.4 Å². The van der Waals surface area contributed by atoms with Crippen LogP contribution in [0.15, 0.2) is 42.5 Å². The lowest BCUT2D eigenvalue weighted by molar-refractivity contribution is -0.122. The number of amides is 1. The van der Waals surface area contributed by atoms with E-state index < -0.39 is 0 Å². The molecule has 0 bridgehead atoms. The summed E-state index contributed by atoms with van der Waals surface area (Å²) in [6.07, 6.45) is 2.93. The Hall–Kier alpha value is -2.11. The topological polar surface area (TPSA) is 50.4 Å². The third-order valence-electron chi connectivity index (χ3n) is 4.46.